The summed E-state index contributed by atoms with van der Waals surface area (Å²) in [6, 6.07) is 12.5. The Labute approximate surface area is 129 Å². The fraction of sp³-hybridized carbons (Fsp3) is 0.0667. The van der Waals surface area contributed by atoms with Crippen molar-refractivity contribution in [3.05, 3.63) is 63.1 Å². The fourth-order valence-corrected chi connectivity index (χ4v) is 2.94. The van der Waals surface area contributed by atoms with Gasteiger partial charge in [0.1, 0.15) is 0 Å². The van der Waals surface area contributed by atoms with Crippen LogP contribution in [-0.4, -0.2) is 11.7 Å². The Balaban J connectivity index is 2.01. The van der Waals surface area contributed by atoms with Gasteiger partial charge in [0.05, 0.1) is 17.8 Å². The molecule has 0 atom stereocenters. The van der Waals surface area contributed by atoms with Crippen LogP contribution in [0.1, 0.15) is 15.9 Å². The molecule has 0 saturated carbocycles. The molecular weight excluding hydrogens is 342 g/mol. The zero-order valence-corrected chi connectivity index (χ0v) is 12.6. The third-order valence-electron chi connectivity index (χ3n) is 3.19. The Hall–Kier alpha value is -1.65. The van der Waals surface area contributed by atoms with Crippen molar-refractivity contribution in [1.82, 2.24) is 0 Å². The van der Waals surface area contributed by atoms with Gasteiger partial charge in [-0.05, 0) is 45.8 Å². The van der Waals surface area contributed by atoms with Crippen LogP contribution in [0.4, 0.5) is 5.69 Å². The summed E-state index contributed by atoms with van der Waals surface area (Å²) in [6.07, 6.45) is 0. The molecule has 0 bridgehead atoms. The standard InChI is InChI=1S/C15H9BrClNO2/c16-12-3-1-2-11-13(12)18(15(20)14(11)19)8-9-4-6-10(17)7-5-9/h1-7H,8H2. The summed E-state index contributed by atoms with van der Waals surface area (Å²) in [5.41, 5.74) is 2.00. The molecule has 100 valence electrons. The Morgan fingerprint density at radius 3 is 2.45 bits per heavy atom. The summed E-state index contributed by atoms with van der Waals surface area (Å²) in [7, 11) is 0. The first-order valence-electron chi connectivity index (χ1n) is 5.97. The summed E-state index contributed by atoms with van der Waals surface area (Å²) in [5, 5.41) is 0.638. The lowest BCUT2D eigenvalue weighted by molar-refractivity contribution is -0.114. The number of rotatable bonds is 2. The summed E-state index contributed by atoms with van der Waals surface area (Å²) < 4.78 is 0.739. The Kier molecular flexibility index (Phi) is 3.36. The first kappa shape index (κ1) is 13.3. The van der Waals surface area contributed by atoms with E-state index in [0.717, 1.165) is 10.0 Å². The molecule has 0 aromatic heterocycles. The van der Waals surface area contributed by atoms with E-state index in [2.05, 4.69) is 15.9 Å². The van der Waals surface area contributed by atoms with Gasteiger partial charge < -0.3 is 0 Å². The van der Waals surface area contributed by atoms with Crippen molar-refractivity contribution < 1.29 is 9.59 Å². The van der Waals surface area contributed by atoms with Crippen LogP contribution >= 0.6 is 27.5 Å². The van der Waals surface area contributed by atoms with Crippen molar-refractivity contribution >= 4 is 44.9 Å². The minimum Gasteiger partial charge on any atom is -0.299 e. The molecule has 0 saturated heterocycles. The van der Waals surface area contributed by atoms with Crippen molar-refractivity contribution in [2.75, 3.05) is 4.90 Å². The average Bonchev–Trinajstić information content (AvgIpc) is 2.68. The van der Waals surface area contributed by atoms with Gasteiger partial charge in [-0.2, -0.15) is 0 Å². The van der Waals surface area contributed by atoms with Gasteiger partial charge in [-0.1, -0.05) is 29.8 Å². The van der Waals surface area contributed by atoms with Crippen LogP contribution in [0, 0.1) is 0 Å². The second-order valence-electron chi connectivity index (χ2n) is 4.48. The molecule has 1 aliphatic heterocycles. The highest BCUT2D eigenvalue weighted by Crippen LogP contribution is 2.36. The monoisotopic (exact) mass is 349 g/mol. The Morgan fingerprint density at radius 1 is 1.05 bits per heavy atom. The van der Waals surface area contributed by atoms with Crippen LogP contribution in [0.15, 0.2) is 46.9 Å². The number of anilines is 1. The van der Waals surface area contributed by atoms with Gasteiger partial charge in [0.15, 0.2) is 0 Å². The number of hydrogen-bond donors (Lipinski definition) is 0. The molecule has 1 amide bonds. The fourth-order valence-electron chi connectivity index (χ4n) is 2.24. The summed E-state index contributed by atoms with van der Waals surface area (Å²) >= 11 is 9.24. The number of carbonyl (C=O) groups is 2. The van der Waals surface area contributed by atoms with E-state index in [-0.39, 0.29) is 0 Å². The molecule has 3 rings (SSSR count). The van der Waals surface area contributed by atoms with E-state index in [4.69, 9.17) is 11.6 Å². The van der Waals surface area contributed by atoms with Crippen molar-refractivity contribution in [3.63, 3.8) is 0 Å². The molecule has 0 spiro atoms. The molecule has 0 aliphatic carbocycles. The topological polar surface area (TPSA) is 37.4 Å². The largest absolute Gasteiger partial charge is 0.299 e. The third kappa shape index (κ3) is 2.15. The zero-order valence-electron chi connectivity index (χ0n) is 10.3. The molecule has 2 aromatic rings. The lowest BCUT2D eigenvalue weighted by Gasteiger charge is -2.17. The maximum atomic E-state index is 12.1. The molecule has 1 heterocycles. The number of hydrogen-bond acceptors (Lipinski definition) is 2. The Bertz CT molecular complexity index is 712. The van der Waals surface area contributed by atoms with Gasteiger partial charge in [-0.15, -0.1) is 0 Å². The van der Waals surface area contributed by atoms with Crippen LogP contribution in [0.2, 0.25) is 5.02 Å². The quantitative estimate of drug-likeness (QED) is 0.772. The summed E-state index contributed by atoms with van der Waals surface area (Å²) in [5.74, 6) is -0.961. The highest BCUT2D eigenvalue weighted by atomic mass is 79.9. The Morgan fingerprint density at radius 2 is 1.75 bits per heavy atom. The number of Topliss-reactive ketones (excluding diaryl/α,β-unsaturated/α-hetero) is 1. The number of nitrogens with zero attached hydrogens (tertiary/aromatic N) is 1. The minimum absolute atomic E-state index is 0.345. The van der Waals surface area contributed by atoms with Gasteiger partial charge in [0, 0.05) is 9.50 Å². The number of carbonyl (C=O) groups excluding carboxylic acids is 2. The second kappa shape index (κ2) is 5.04. The molecular formula is C15H9BrClNO2. The highest BCUT2D eigenvalue weighted by Gasteiger charge is 2.36. The minimum atomic E-state index is -0.498. The van der Waals surface area contributed by atoms with Crippen LogP contribution in [0.5, 0.6) is 0 Å². The lowest BCUT2D eigenvalue weighted by atomic mass is 10.1. The number of ketones is 1. The summed E-state index contributed by atoms with van der Waals surface area (Å²) in [4.78, 5) is 25.6. The van der Waals surface area contributed by atoms with Crippen LogP contribution in [-0.2, 0) is 11.3 Å². The molecule has 3 nitrogen and oxygen atoms in total. The van der Waals surface area contributed by atoms with E-state index in [1.54, 1.807) is 24.3 Å². The predicted octanol–water partition coefficient (Wildman–Crippen LogP) is 3.83. The van der Waals surface area contributed by atoms with Crippen molar-refractivity contribution in [1.29, 1.82) is 0 Å². The normalized spacial score (nSPS) is 13.8. The zero-order chi connectivity index (χ0) is 14.3. The first-order valence-corrected chi connectivity index (χ1v) is 7.14. The van der Waals surface area contributed by atoms with Crippen LogP contribution in [0.25, 0.3) is 0 Å². The van der Waals surface area contributed by atoms with Gasteiger partial charge in [-0.3, -0.25) is 14.5 Å². The van der Waals surface area contributed by atoms with Crippen molar-refractivity contribution in [2.24, 2.45) is 0 Å². The number of halogens is 2. The SMILES string of the molecule is O=C1C(=O)N(Cc2ccc(Cl)cc2)c2c(Br)cccc21. The van der Waals surface area contributed by atoms with E-state index in [9.17, 15) is 9.59 Å². The molecule has 20 heavy (non-hydrogen) atoms. The molecule has 0 radical (unpaired) electrons. The molecule has 0 N–H and O–H groups in total. The van der Waals surface area contributed by atoms with Crippen molar-refractivity contribution in [2.45, 2.75) is 6.54 Å². The van der Waals surface area contributed by atoms with Crippen molar-refractivity contribution in [3.8, 4) is 0 Å². The number of benzene rings is 2. The van der Waals surface area contributed by atoms with Gasteiger partial charge in [0.25, 0.3) is 11.7 Å². The van der Waals surface area contributed by atoms with E-state index >= 15 is 0 Å². The molecule has 1 aliphatic rings. The summed E-state index contributed by atoms with van der Waals surface area (Å²) in [6.45, 7) is 0.345. The van der Waals surface area contributed by atoms with Crippen LogP contribution < -0.4 is 4.90 Å². The number of amides is 1. The second-order valence-corrected chi connectivity index (χ2v) is 5.77. The van der Waals surface area contributed by atoms with Crippen LogP contribution in [0.3, 0.4) is 0 Å². The maximum absolute atomic E-state index is 12.1. The molecule has 0 unspecified atom stereocenters. The number of fused-ring (bicyclic) bond motifs is 1. The predicted molar refractivity (Wildman–Crippen MR) is 81.1 cm³/mol. The molecule has 0 fully saturated rings. The maximum Gasteiger partial charge on any atom is 0.299 e. The third-order valence-corrected chi connectivity index (χ3v) is 4.09. The smallest absolute Gasteiger partial charge is 0.299 e. The first-order chi connectivity index (χ1) is 9.58. The molecule has 5 heteroatoms. The van der Waals surface area contributed by atoms with E-state index in [1.165, 1.54) is 4.90 Å². The van der Waals surface area contributed by atoms with Gasteiger partial charge >= 0.3 is 0 Å². The van der Waals surface area contributed by atoms with Gasteiger partial charge in [-0.25, -0.2) is 0 Å². The molecule has 2 aromatic carbocycles. The highest BCUT2D eigenvalue weighted by molar-refractivity contribution is 9.10. The number of para-hydroxylation sites is 1. The average molecular weight is 351 g/mol. The lowest BCUT2D eigenvalue weighted by Crippen LogP contribution is -2.29. The van der Waals surface area contributed by atoms with E-state index < -0.39 is 11.7 Å². The van der Waals surface area contributed by atoms with E-state index in [0.29, 0.717) is 22.8 Å². The van der Waals surface area contributed by atoms with Gasteiger partial charge in [0.2, 0.25) is 0 Å². The van der Waals surface area contributed by atoms with E-state index in [1.807, 2.05) is 18.2 Å².